The maximum Gasteiger partial charge on any atom is 0.272 e. The van der Waals surface area contributed by atoms with E-state index in [-0.39, 0.29) is 31.3 Å². The molecule has 0 aromatic rings. The van der Waals surface area contributed by atoms with Gasteiger partial charge in [-0.2, -0.15) is 0 Å². The monoisotopic (exact) mass is 397 g/mol. The van der Waals surface area contributed by atoms with Crippen molar-refractivity contribution < 1.29 is 42.1 Å². The molecule has 2 unspecified atom stereocenters. The fourth-order valence-corrected chi connectivity index (χ4v) is 2.97. The van der Waals surface area contributed by atoms with Gasteiger partial charge in [-0.3, -0.25) is 8.88 Å². The number of phosphoric acid groups is 2. The smallest absolute Gasteiger partial charge is 0.272 e. The van der Waals surface area contributed by atoms with Crippen molar-refractivity contribution in [3.8, 4) is 0 Å². The maximum absolute atomic E-state index is 11.0. The standard InChI is InChI=1S/C10H20O9P2.3H3N/c1-9(8-17-10-4-2-3-6-16-10)5-7-18-21(14,15)19-20(11,12)13;;;/h5,10H,2-4,6-8H2,1H3,(H,14,15)(H2,11,12,13);3*1H3/b9-5+;;;. The number of hydrogen-bond acceptors (Lipinski definition) is 9. The molecule has 24 heavy (non-hydrogen) atoms. The second-order valence-electron chi connectivity index (χ2n) is 4.43. The Bertz CT molecular complexity index is 451. The quantitative estimate of drug-likeness (QED) is 0.388. The van der Waals surface area contributed by atoms with Crippen molar-refractivity contribution in [3.63, 3.8) is 0 Å². The van der Waals surface area contributed by atoms with Gasteiger partial charge in [-0.25, -0.2) is 0 Å². The van der Waals surface area contributed by atoms with Gasteiger partial charge in [0.05, 0.1) is 21.0 Å². The first-order chi connectivity index (χ1) is 9.68. The molecule has 0 aromatic heterocycles. The zero-order valence-corrected chi connectivity index (χ0v) is 16.3. The molecule has 12 nitrogen and oxygen atoms in total. The lowest BCUT2D eigenvalue weighted by atomic mass is 10.2. The Kier molecular flexibility index (Phi) is 15.6. The molecule has 14 heteroatoms. The first kappa shape index (κ1) is 28.6. The third-order valence-electron chi connectivity index (χ3n) is 2.50. The van der Waals surface area contributed by atoms with Crippen LogP contribution in [-0.4, -0.2) is 26.1 Å². The van der Waals surface area contributed by atoms with Crippen molar-refractivity contribution in [1.29, 1.82) is 0 Å². The predicted molar refractivity (Wildman–Crippen MR) is 83.5 cm³/mol. The molecular weight excluding hydrogens is 368 g/mol. The van der Waals surface area contributed by atoms with E-state index < -0.39 is 22.3 Å². The van der Waals surface area contributed by atoms with E-state index in [9.17, 15) is 23.8 Å². The number of hydrogen-bond donors (Lipinski definition) is 3. The molecule has 0 bridgehead atoms. The molecular formula is C10H29N3O9P2. The lowest BCUT2D eigenvalue weighted by molar-refractivity contribution is -0.339. The van der Waals surface area contributed by atoms with E-state index >= 15 is 0 Å². The minimum Gasteiger partial charge on any atom is -0.790 e. The zero-order chi connectivity index (χ0) is 15.9. The SMILES string of the molecule is C/C(=C\COP(=O)([O-])OP(=O)([O-])[O-])COC1CCCCO1.[NH4+].[NH4+].[NH4+]. The Morgan fingerprint density at radius 3 is 2.33 bits per heavy atom. The van der Waals surface area contributed by atoms with E-state index in [0.717, 1.165) is 19.3 Å². The van der Waals surface area contributed by atoms with Gasteiger partial charge in [-0.15, -0.1) is 0 Å². The molecule has 0 spiro atoms. The molecule has 0 radical (unpaired) electrons. The summed E-state index contributed by atoms with van der Waals surface area (Å²) in [5, 5.41) is 0. The van der Waals surface area contributed by atoms with Gasteiger partial charge in [0, 0.05) is 6.61 Å². The van der Waals surface area contributed by atoms with Gasteiger partial charge in [0.2, 0.25) is 0 Å². The largest absolute Gasteiger partial charge is 0.790 e. The Labute approximate surface area is 141 Å². The van der Waals surface area contributed by atoms with Crippen LogP contribution in [0, 0.1) is 0 Å². The first-order valence-electron chi connectivity index (χ1n) is 6.26. The van der Waals surface area contributed by atoms with Gasteiger partial charge in [-0.1, -0.05) is 6.08 Å². The van der Waals surface area contributed by atoms with Crippen LogP contribution in [0.15, 0.2) is 11.6 Å². The van der Waals surface area contributed by atoms with E-state index in [2.05, 4.69) is 8.83 Å². The van der Waals surface area contributed by atoms with E-state index in [0.29, 0.717) is 12.2 Å². The highest BCUT2D eigenvalue weighted by atomic mass is 31.3. The Morgan fingerprint density at radius 1 is 1.21 bits per heavy atom. The summed E-state index contributed by atoms with van der Waals surface area (Å²) in [5.41, 5.74) is 0.664. The summed E-state index contributed by atoms with van der Waals surface area (Å²) in [5.74, 6) is 0. The molecule has 0 aromatic carbocycles. The van der Waals surface area contributed by atoms with Crippen LogP contribution in [0.4, 0.5) is 0 Å². The molecule has 148 valence electrons. The number of rotatable bonds is 8. The van der Waals surface area contributed by atoms with E-state index in [4.69, 9.17) is 9.47 Å². The molecule has 1 rings (SSSR count). The highest BCUT2D eigenvalue weighted by Crippen LogP contribution is 2.50. The number of quaternary nitrogens is 3. The lowest BCUT2D eigenvalue weighted by Crippen LogP contribution is -2.23. The molecule has 0 amide bonds. The second kappa shape index (κ2) is 13.1. The molecule has 1 aliphatic heterocycles. The second-order valence-corrected chi connectivity index (χ2v) is 7.13. The van der Waals surface area contributed by atoms with Crippen molar-refractivity contribution in [2.45, 2.75) is 32.5 Å². The summed E-state index contributed by atoms with van der Waals surface area (Å²) < 4.78 is 39.4. The van der Waals surface area contributed by atoms with Crippen molar-refractivity contribution in [2.24, 2.45) is 0 Å². The van der Waals surface area contributed by atoms with Crippen molar-refractivity contribution in [1.82, 2.24) is 18.5 Å². The van der Waals surface area contributed by atoms with E-state index in [1.54, 1.807) is 6.92 Å². The fraction of sp³-hybridized carbons (Fsp3) is 0.800. The van der Waals surface area contributed by atoms with Gasteiger partial charge in [0.1, 0.15) is 0 Å². The van der Waals surface area contributed by atoms with Crippen molar-refractivity contribution in [3.05, 3.63) is 11.6 Å². The highest BCUT2D eigenvalue weighted by Gasteiger charge is 2.14. The van der Waals surface area contributed by atoms with E-state index in [1.165, 1.54) is 6.08 Å². The normalized spacial score (nSPS) is 20.8. The molecule has 1 fully saturated rings. The van der Waals surface area contributed by atoms with Crippen molar-refractivity contribution in [2.75, 3.05) is 19.8 Å². The van der Waals surface area contributed by atoms with Crippen LogP contribution in [0.5, 0.6) is 0 Å². The summed E-state index contributed by atoms with van der Waals surface area (Å²) in [6.45, 7) is 2.09. The number of phosphoric ester groups is 1. The van der Waals surface area contributed by atoms with Gasteiger partial charge in [-0.05, 0) is 31.8 Å². The minimum absolute atomic E-state index is 0. The highest BCUT2D eigenvalue weighted by molar-refractivity contribution is 7.58. The zero-order valence-electron chi connectivity index (χ0n) is 14.5. The molecule has 1 saturated heterocycles. The Morgan fingerprint density at radius 2 is 1.83 bits per heavy atom. The van der Waals surface area contributed by atoms with Gasteiger partial charge >= 0.3 is 0 Å². The van der Waals surface area contributed by atoms with Crippen LogP contribution in [0.2, 0.25) is 0 Å². The van der Waals surface area contributed by atoms with Gasteiger partial charge in [0.25, 0.3) is 7.82 Å². The van der Waals surface area contributed by atoms with Crippen LogP contribution in [0.3, 0.4) is 0 Å². The third-order valence-corrected chi connectivity index (χ3v) is 4.56. The summed E-state index contributed by atoms with van der Waals surface area (Å²) in [7, 11) is -10.8. The molecule has 12 N–H and O–H groups in total. The molecule has 0 aliphatic carbocycles. The van der Waals surface area contributed by atoms with Crippen molar-refractivity contribution >= 4 is 15.6 Å². The van der Waals surface area contributed by atoms with Gasteiger partial charge < -0.3 is 51.7 Å². The summed E-state index contributed by atoms with van der Waals surface area (Å²) in [4.78, 5) is 31.3. The average Bonchev–Trinajstić information content (AvgIpc) is 2.34. The molecule has 2 atom stereocenters. The summed E-state index contributed by atoms with van der Waals surface area (Å²) >= 11 is 0. The minimum atomic E-state index is -5.64. The van der Waals surface area contributed by atoms with Crippen LogP contribution in [0.1, 0.15) is 26.2 Å². The predicted octanol–water partition coefficient (Wildman–Crippen LogP) is 0.935. The topological polar surface area (TPSA) is 250 Å². The molecule has 1 heterocycles. The summed E-state index contributed by atoms with van der Waals surface area (Å²) in [6, 6.07) is 0. The third kappa shape index (κ3) is 14.2. The maximum atomic E-state index is 11.0. The molecule has 1 aliphatic rings. The fourth-order valence-electron chi connectivity index (χ4n) is 1.54. The average molecular weight is 397 g/mol. The lowest BCUT2D eigenvalue weighted by Gasteiger charge is -2.34. The van der Waals surface area contributed by atoms with E-state index in [1.807, 2.05) is 0 Å². The first-order valence-corrected chi connectivity index (χ1v) is 9.18. The van der Waals surface area contributed by atoms with Crippen LogP contribution in [-0.2, 0) is 27.4 Å². The van der Waals surface area contributed by atoms with Crippen LogP contribution < -0.4 is 33.1 Å². The van der Waals surface area contributed by atoms with Gasteiger partial charge in [0.15, 0.2) is 6.29 Å². The Balaban J connectivity index is -0.00000147. The van der Waals surface area contributed by atoms with Crippen LogP contribution in [0.25, 0.3) is 0 Å². The van der Waals surface area contributed by atoms with Crippen LogP contribution >= 0.6 is 15.6 Å². The number of ether oxygens (including phenoxy) is 2. The Hall–Kier alpha value is -0.200. The molecule has 0 saturated carbocycles. The summed E-state index contributed by atoms with van der Waals surface area (Å²) in [6.07, 6.45) is 3.93.